The molecule has 1 atom stereocenters. The molecule has 1 aliphatic rings. The summed E-state index contributed by atoms with van der Waals surface area (Å²) in [5.41, 5.74) is 0. The summed E-state index contributed by atoms with van der Waals surface area (Å²) >= 11 is 0. The zero-order valence-corrected chi connectivity index (χ0v) is 10.9. The molecule has 0 radical (unpaired) electrons. The maximum atomic E-state index is 3.52. The van der Waals surface area contributed by atoms with E-state index in [1.807, 2.05) is 0 Å². The standard InChI is InChI=1S/C13H28N2/c1-5-15(11(2)3)10-13(14-4)12-8-6-7-9-12/h11-14H,5-10H2,1-4H3. The summed E-state index contributed by atoms with van der Waals surface area (Å²) in [7, 11) is 2.12. The molecular formula is C13H28N2. The number of nitrogens with zero attached hydrogens (tertiary/aromatic N) is 1. The first-order valence-corrected chi connectivity index (χ1v) is 6.60. The van der Waals surface area contributed by atoms with Gasteiger partial charge in [0, 0.05) is 18.6 Å². The van der Waals surface area contributed by atoms with Crippen molar-refractivity contribution in [3.8, 4) is 0 Å². The molecule has 2 nitrogen and oxygen atoms in total. The van der Waals surface area contributed by atoms with Crippen LogP contribution in [0.15, 0.2) is 0 Å². The Balaban J connectivity index is 2.43. The summed E-state index contributed by atoms with van der Waals surface area (Å²) in [5.74, 6) is 0.919. The van der Waals surface area contributed by atoms with Gasteiger partial charge in [0.2, 0.25) is 0 Å². The number of nitrogens with one attached hydrogen (secondary N) is 1. The van der Waals surface area contributed by atoms with Crippen LogP contribution in [-0.2, 0) is 0 Å². The van der Waals surface area contributed by atoms with Gasteiger partial charge in [-0.05, 0) is 46.2 Å². The Morgan fingerprint density at radius 1 is 1.27 bits per heavy atom. The van der Waals surface area contributed by atoms with E-state index in [0.29, 0.717) is 12.1 Å². The van der Waals surface area contributed by atoms with Crippen LogP contribution in [0, 0.1) is 5.92 Å². The van der Waals surface area contributed by atoms with Gasteiger partial charge in [0.25, 0.3) is 0 Å². The zero-order chi connectivity index (χ0) is 11.3. The molecule has 0 spiro atoms. The van der Waals surface area contributed by atoms with Crippen LogP contribution in [0.3, 0.4) is 0 Å². The van der Waals surface area contributed by atoms with Gasteiger partial charge in [0.1, 0.15) is 0 Å². The Kier molecular flexibility index (Phi) is 5.62. The Morgan fingerprint density at radius 3 is 2.27 bits per heavy atom. The third kappa shape index (κ3) is 3.76. The van der Waals surface area contributed by atoms with E-state index in [2.05, 4.69) is 38.0 Å². The van der Waals surface area contributed by atoms with Crippen molar-refractivity contribution in [1.82, 2.24) is 10.2 Å². The monoisotopic (exact) mass is 212 g/mol. The molecule has 0 aromatic carbocycles. The number of rotatable bonds is 6. The summed E-state index contributed by atoms with van der Waals surface area (Å²) in [6, 6.07) is 1.38. The normalized spacial score (nSPS) is 20.4. The molecule has 0 bridgehead atoms. The summed E-state index contributed by atoms with van der Waals surface area (Å²) in [6.45, 7) is 9.25. The maximum absolute atomic E-state index is 3.52. The largest absolute Gasteiger partial charge is 0.315 e. The average molecular weight is 212 g/mol. The summed E-state index contributed by atoms with van der Waals surface area (Å²) in [6.07, 6.45) is 5.75. The summed E-state index contributed by atoms with van der Waals surface area (Å²) < 4.78 is 0. The predicted octanol–water partition coefficient (Wildman–Crippen LogP) is 2.49. The van der Waals surface area contributed by atoms with Crippen molar-refractivity contribution in [1.29, 1.82) is 0 Å². The molecule has 90 valence electrons. The highest BCUT2D eigenvalue weighted by molar-refractivity contribution is 4.82. The maximum Gasteiger partial charge on any atom is 0.0220 e. The van der Waals surface area contributed by atoms with E-state index < -0.39 is 0 Å². The van der Waals surface area contributed by atoms with Crippen molar-refractivity contribution >= 4 is 0 Å². The van der Waals surface area contributed by atoms with E-state index in [4.69, 9.17) is 0 Å². The smallest absolute Gasteiger partial charge is 0.0220 e. The van der Waals surface area contributed by atoms with Crippen LogP contribution in [0.1, 0.15) is 46.5 Å². The molecule has 0 saturated heterocycles. The molecule has 0 amide bonds. The minimum Gasteiger partial charge on any atom is -0.315 e. The van der Waals surface area contributed by atoms with Crippen molar-refractivity contribution in [2.45, 2.75) is 58.5 Å². The third-order valence-corrected chi connectivity index (χ3v) is 3.91. The third-order valence-electron chi connectivity index (χ3n) is 3.91. The lowest BCUT2D eigenvalue weighted by Crippen LogP contribution is -2.45. The van der Waals surface area contributed by atoms with Gasteiger partial charge in [-0.2, -0.15) is 0 Å². The highest BCUT2D eigenvalue weighted by atomic mass is 15.2. The molecule has 1 unspecified atom stereocenters. The first-order chi connectivity index (χ1) is 7.19. The Bertz CT molecular complexity index is 162. The lowest BCUT2D eigenvalue weighted by molar-refractivity contribution is 0.185. The molecule has 15 heavy (non-hydrogen) atoms. The molecule has 1 N–H and O–H groups in total. The second-order valence-corrected chi connectivity index (χ2v) is 5.12. The topological polar surface area (TPSA) is 15.3 Å². The van der Waals surface area contributed by atoms with E-state index in [1.165, 1.54) is 38.8 Å². The number of hydrogen-bond acceptors (Lipinski definition) is 2. The number of likely N-dealkylation sites (N-methyl/N-ethyl adjacent to an activating group) is 2. The molecule has 1 fully saturated rings. The van der Waals surface area contributed by atoms with Gasteiger partial charge < -0.3 is 5.32 Å². The van der Waals surface area contributed by atoms with Gasteiger partial charge in [0.05, 0.1) is 0 Å². The lowest BCUT2D eigenvalue weighted by atomic mass is 9.97. The Morgan fingerprint density at radius 2 is 1.87 bits per heavy atom. The van der Waals surface area contributed by atoms with Gasteiger partial charge >= 0.3 is 0 Å². The van der Waals surface area contributed by atoms with E-state index in [0.717, 1.165) is 5.92 Å². The second kappa shape index (κ2) is 6.49. The quantitative estimate of drug-likeness (QED) is 0.728. The Hall–Kier alpha value is -0.0800. The van der Waals surface area contributed by atoms with Crippen molar-refractivity contribution in [2.24, 2.45) is 5.92 Å². The van der Waals surface area contributed by atoms with Gasteiger partial charge in [-0.3, -0.25) is 4.90 Å². The highest BCUT2D eigenvalue weighted by Gasteiger charge is 2.25. The van der Waals surface area contributed by atoms with Crippen LogP contribution >= 0.6 is 0 Å². The fraction of sp³-hybridized carbons (Fsp3) is 1.00. The van der Waals surface area contributed by atoms with Crippen molar-refractivity contribution in [3.63, 3.8) is 0 Å². The van der Waals surface area contributed by atoms with Crippen molar-refractivity contribution in [2.75, 3.05) is 20.1 Å². The van der Waals surface area contributed by atoms with Crippen LogP contribution in [-0.4, -0.2) is 37.1 Å². The van der Waals surface area contributed by atoms with Gasteiger partial charge in [-0.15, -0.1) is 0 Å². The van der Waals surface area contributed by atoms with Crippen molar-refractivity contribution in [3.05, 3.63) is 0 Å². The van der Waals surface area contributed by atoms with Crippen LogP contribution in [0.2, 0.25) is 0 Å². The van der Waals surface area contributed by atoms with E-state index in [-0.39, 0.29) is 0 Å². The minimum atomic E-state index is 0.673. The van der Waals surface area contributed by atoms with E-state index >= 15 is 0 Å². The second-order valence-electron chi connectivity index (χ2n) is 5.12. The molecule has 0 aromatic rings. The van der Waals surface area contributed by atoms with Crippen molar-refractivity contribution < 1.29 is 0 Å². The lowest BCUT2D eigenvalue weighted by Gasteiger charge is -2.32. The zero-order valence-electron chi connectivity index (χ0n) is 10.9. The minimum absolute atomic E-state index is 0.673. The fourth-order valence-corrected chi connectivity index (χ4v) is 2.79. The SMILES string of the molecule is CCN(CC(NC)C1CCCC1)C(C)C. The van der Waals surface area contributed by atoms with Gasteiger partial charge in [0.15, 0.2) is 0 Å². The Labute approximate surface area is 95.4 Å². The molecule has 0 heterocycles. The van der Waals surface area contributed by atoms with E-state index in [9.17, 15) is 0 Å². The molecule has 1 aliphatic carbocycles. The van der Waals surface area contributed by atoms with Crippen LogP contribution in [0.25, 0.3) is 0 Å². The molecule has 2 heteroatoms. The van der Waals surface area contributed by atoms with Crippen LogP contribution in [0.4, 0.5) is 0 Å². The highest BCUT2D eigenvalue weighted by Crippen LogP contribution is 2.28. The molecular weight excluding hydrogens is 184 g/mol. The molecule has 0 aromatic heterocycles. The first kappa shape index (κ1) is 13.0. The van der Waals surface area contributed by atoms with Gasteiger partial charge in [-0.1, -0.05) is 19.8 Å². The first-order valence-electron chi connectivity index (χ1n) is 6.60. The van der Waals surface area contributed by atoms with Gasteiger partial charge in [-0.25, -0.2) is 0 Å². The van der Waals surface area contributed by atoms with E-state index in [1.54, 1.807) is 0 Å². The summed E-state index contributed by atoms with van der Waals surface area (Å²) in [4.78, 5) is 2.57. The molecule has 0 aliphatic heterocycles. The number of hydrogen-bond donors (Lipinski definition) is 1. The predicted molar refractivity (Wildman–Crippen MR) is 67.2 cm³/mol. The summed E-state index contributed by atoms with van der Waals surface area (Å²) in [5, 5.41) is 3.52. The van der Waals surface area contributed by atoms with Crippen LogP contribution < -0.4 is 5.32 Å². The molecule has 1 rings (SSSR count). The molecule has 1 saturated carbocycles. The van der Waals surface area contributed by atoms with Crippen LogP contribution in [0.5, 0.6) is 0 Å². The fourth-order valence-electron chi connectivity index (χ4n) is 2.79. The average Bonchev–Trinajstić information content (AvgIpc) is 2.72.